The van der Waals surface area contributed by atoms with E-state index in [1.165, 1.54) is 0 Å². The first-order valence-corrected chi connectivity index (χ1v) is 12.1. The normalized spacial score (nSPS) is 11.4. The van der Waals surface area contributed by atoms with Crippen LogP contribution < -0.4 is 4.74 Å². The van der Waals surface area contributed by atoms with Gasteiger partial charge >= 0.3 is 0 Å². The maximum atomic E-state index is 9.76. The van der Waals surface area contributed by atoms with Crippen molar-refractivity contribution in [2.45, 2.75) is 20.5 Å². The molecule has 0 spiro atoms. The van der Waals surface area contributed by atoms with Crippen LogP contribution in [-0.4, -0.2) is 4.57 Å². The summed E-state index contributed by atoms with van der Waals surface area (Å²) in [4.78, 5) is 0. The van der Waals surface area contributed by atoms with Crippen LogP contribution in [0.4, 0.5) is 0 Å². The standard InChI is InChI=1S/C28H21BrCl2N2O/c1-18-13-21(14-22(16-32)27-12-7-24(30)15-28(27)31)19(2)33(18)25-8-10-26(11-9-25)34-17-20-3-5-23(29)6-4-20/h3-15H,17H2,1-2H3/b22-14-. The number of ether oxygens (including phenoxy) is 1. The number of allylic oxidation sites excluding steroid dienone is 1. The number of hydrogen-bond donors (Lipinski definition) is 0. The lowest BCUT2D eigenvalue weighted by Crippen LogP contribution is -2.00. The highest BCUT2D eigenvalue weighted by molar-refractivity contribution is 9.10. The Hall–Kier alpha value is -2.97. The van der Waals surface area contributed by atoms with Crippen molar-refractivity contribution in [1.29, 1.82) is 5.26 Å². The number of aryl methyl sites for hydroxylation is 1. The summed E-state index contributed by atoms with van der Waals surface area (Å²) in [6, 6.07) is 25.6. The number of nitrogens with zero attached hydrogens (tertiary/aromatic N) is 2. The second-order valence-corrected chi connectivity index (χ2v) is 9.62. The van der Waals surface area contributed by atoms with Gasteiger partial charge in [-0.15, -0.1) is 0 Å². The monoisotopic (exact) mass is 550 g/mol. The fourth-order valence-corrected chi connectivity index (χ4v) is 4.58. The second kappa shape index (κ2) is 10.5. The maximum Gasteiger partial charge on any atom is 0.119 e. The van der Waals surface area contributed by atoms with Gasteiger partial charge in [0.15, 0.2) is 0 Å². The smallest absolute Gasteiger partial charge is 0.119 e. The topological polar surface area (TPSA) is 38.0 Å². The number of nitriles is 1. The molecule has 170 valence electrons. The highest BCUT2D eigenvalue weighted by Gasteiger charge is 2.13. The molecule has 0 amide bonds. The lowest BCUT2D eigenvalue weighted by Gasteiger charge is -2.12. The summed E-state index contributed by atoms with van der Waals surface area (Å²) in [5.41, 5.74) is 6.31. The first kappa shape index (κ1) is 24.2. The van der Waals surface area contributed by atoms with Crippen molar-refractivity contribution in [2.75, 3.05) is 0 Å². The van der Waals surface area contributed by atoms with Crippen molar-refractivity contribution in [1.82, 2.24) is 4.57 Å². The molecule has 6 heteroatoms. The van der Waals surface area contributed by atoms with Gasteiger partial charge in [-0.1, -0.05) is 57.3 Å². The molecule has 0 bridgehead atoms. The first-order valence-electron chi connectivity index (χ1n) is 10.6. The third-order valence-corrected chi connectivity index (χ3v) is 6.60. The van der Waals surface area contributed by atoms with Gasteiger partial charge in [-0.05, 0) is 85.6 Å². The van der Waals surface area contributed by atoms with Gasteiger partial charge in [0.2, 0.25) is 0 Å². The highest BCUT2D eigenvalue weighted by Crippen LogP contribution is 2.30. The Morgan fingerprint density at radius 3 is 2.35 bits per heavy atom. The SMILES string of the molecule is Cc1cc(/C=C(/C#N)c2ccc(Cl)cc2Cl)c(C)n1-c1ccc(OCc2ccc(Br)cc2)cc1. The molecule has 1 heterocycles. The van der Waals surface area contributed by atoms with E-state index in [1.54, 1.807) is 18.2 Å². The van der Waals surface area contributed by atoms with E-state index in [-0.39, 0.29) is 0 Å². The third-order valence-electron chi connectivity index (χ3n) is 5.53. The minimum Gasteiger partial charge on any atom is -0.489 e. The predicted octanol–water partition coefficient (Wildman–Crippen LogP) is 8.81. The van der Waals surface area contributed by atoms with Gasteiger partial charge in [-0.25, -0.2) is 0 Å². The molecule has 0 atom stereocenters. The molecule has 0 N–H and O–H groups in total. The molecule has 0 aliphatic heterocycles. The maximum absolute atomic E-state index is 9.76. The summed E-state index contributed by atoms with van der Waals surface area (Å²) in [5.74, 6) is 0.804. The summed E-state index contributed by atoms with van der Waals surface area (Å²) in [6.07, 6.45) is 1.86. The van der Waals surface area contributed by atoms with Crippen LogP contribution in [-0.2, 0) is 6.61 Å². The zero-order valence-electron chi connectivity index (χ0n) is 18.6. The minimum atomic E-state index is 0.452. The van der Waals surface area contributed by atoms with Crippen molar-refractivity contribution < 1.29 is 4.74 Å². The van der Waals surface area contributed by atoms with Crippen LogP contribution in [0.3, 0.4) is 0 Å². The van der Waals surface area contributed by atoms with Gasteiger partial charge in [0, 0.05) is 32.1 Å². The zero-order valence-corrected chi connectivity index (χ0v) is 21.7. The van der Waals surface area contributed by atoms with E-state index in [0.717, 1.165) is 38.4 Å². The number of aromatic nitrogens is 1. The molecular weight excluding hydrogens is 531 g/mol. The fourth-order valence-electron chi connectivity index (χ4n) is 3.80. The molecule has 0 aliphatic rings. The molecule has 0 radical (unpaired) electrons. The molecule has 0 saturated heterocycles. The Bertz CT molecular complexity index is 1400. The van der Waals surface area contributed by atoms with Crippen LogP contribution in [0.5, 0.6) is 5.75 Å². The molecule has 0 saturated carbocycles. The van der Waals surface area contributed by atoms with Gasteiger partial charge in [0.05, 0.1) is 16.7 Å². The minimum absolute atomic E-state index is 0.452. The fraction of sp³-hybridized carbons (Fsp3) is 0.107. The van der Waals surface area contributed by atoms with Crippen molar-refractivity contribution in [2.24, 2.45) is 0 Å². The largest absolute Gasteiger partial charge is 0.489 e. The second-order valence-electron chi connectivity index (χ2n) is 7.86. The van der Waals surface area contributed by atoms with Gasteiger partial charge < -0.3 is 9.30 Å². The Kier molecular flexibility index (Phi) is 7.48. The average Bonchev–Trinajstić information content (AvgIpc) is 3.10. The highest BCUT2D eigenvalue weighted by atomic mass is 79.9. The summed E-state index contributed by atoms with van der Waals surface area (Å²) in [7, 11) is 0. The zero-order chi connectivity index (χ0) is 24.2. The van der Waals surface area contributed by atoms with Crippen molar-refractivity contribution in [3.8, 4) is 17.5 Å². The van der Waals surface area contributed by atoms with Crippen LogP contribution >= 0.6 is 39.1 Å². The van der Waals surface area contributed by atoms with Gasteiger partial charge in [0.25, 0.3) is 0 Å². The van der Waals surface area contributed by atoms with E-state index in [1.807, 2.05) is 68.5 Å². The lowest BCUT2D eigenvalue weighted by molar-refractivity contribution is 0.306. The lowest BCUT2D eigenvalue weighted by atomic mass is 10.0. The third kappa shape index (κ3) is 5.39. The molecule has 4 rings (SSSR count). The Morgan fingerprint density at radius 1 is 1.00 bits per heavy atom. The molecule has 0 aliphatic carbocycles. The van der Waals surface area contributed by atoms with Gasteiger partial charge in [-0.3, -0.25) is 0 Å². The number of benzene rings is 3. The molecule has 1 aromatic heterocycles. The summed E-state index contributed by atoms with van der Waals surface area (Å²) >= 11 is 15.8. The van der Waals surface area contributed by atoms with Crippen LogP contribution in [0.25, 0.3) is 17.3 Å². The Balaban J connectivity index is 1.57. The van der Waals surface area contributed by atoms with Crippen molar-refractivity contribution >= 4 is 50.8 Å². The number of halogens is 3. The molecule has 0 unspecified atom stereocenters. The van der Waals surface area contributed by atoms with E-state index < -0.39 is 0 Å². The Labute approximate surface area is 218 Å². The van der Waals surface area contributed by atoms with Crippen LogP contribution in [0.1, 0.15) is 28.1 Å². The molecule has 4 aromatic rings. The van der Waals surface area contributed by atoms with E-state index in [9.17, 15) is 5.26 Å². The van der Waals surface area contributed by atoms with Crippen LogP contribution in [0, 0.1) is 25.2 Å². The van der Waals surface area contributed by atoms with Crippen LogP contribution in [0.2, 0.25) is 10.0 Å². The molecule has 3 nitrogen and oxygen atoms in total. The van der Waals surface area contributed by atoms with E-state index >= 15 is 0 Å². The molecule has 0 fully saturated rings. The summed E-state index contributed by atoms with van der Waals surface area (Å²) < 4.78 is 9.13. The van der Waals surface area contributed by atoms with Crippen molar-refractivity contribution in [3.05, 3.63) is 115 Å². The first-order chi connectivity index (χ1) is 16.4. The van der Waals surface area contributed by atoms with E-state index in [4.69, 9.17) is 27.9 Å². The summed E-state index contributed by atoms with van der Waals surface area (Å²) in [5, 5.41) is 10.7. The number of hydrogen-bond acceptors (Lipinski definition) is 2. The predicted molar refractivity (Wildman–Crippen MR) is 144 cm³/mol. The average molecular weight is 552 g/mol. The van der Waals surface area contributed by atoms with Crippen LogP contribution in [0.15, 0.2) is 77.3 Å². The molecule has 3 aromatic carbocycles. The molecule has 34 heavy (non-hydrogen) atoms. The molecular formula is C28H21BrCl2N2O. The van der Waals surface area contributed by atoms with Crippen molar-refractivity contribution in [3.63, 3.8) is 0 Å². The van der Waals surface area contributed by atoms with E-state index in [2.05, 4.69) is 32.6 Å². The Morgan fingerprint density at radius 2 is 1.71 bits per heavy atom. The summed E-state index contributed by atoms with van der Waals surface area (Å²) in [6.45, 7) is 4.59. The van der Waals surface area contributed by atoms with Gasteiger partial charge in [0.1, 0.15) is 12.4 Å². The number of rotatable bonds is 6. The van der Waals surface area contributed by atoms with Gasteiger partial charge in [-0.2, -0.15) is 5.26 Å². The van der Waals surface area contributed by atoms with E-state index in [0.29, 0.717) is 27.8 Å². The quantitative estimate of drug-likeness (QED) is 0.224.